The second-order valence-electron chi connectivity index (χ2n) is 7.60. The van der Waals surface area contributed by atoms with Gasteiger partial charge in [-0.1, -0.05) is 12.1 Å². The lowest BCUT2D eigenvalue weighted by Crippen LogP contribution is -2.45. The molecule has 0 spiro atoms. The number of rotatable bonds is 8. The van der Waals surface area contributed by atoms with E-state index in [4.69, 9.17) is 4.74 Å². The first kappa shape index (κ1) is 24.5. The number of aliphatic imine (C=N–C) groups is 1. The second-order valence-corrected chi connectivity index (χ2v) is 7.60. The molecule has 0 radical (unpaired) electrons. The summed E-state index contributed by atoms with van der Waals surface area (Å²) in [7, 11) is 5.77. The molecular weight excluding hydrogens is 491 g/mol. The predicted octanol–water partition coefficient (Wildman–Crippen LogP) is 3.15. The third-order valence-electron chi connectivity index (χ3n) is 5.64. The lowest BCUT2D eigenvalue weighted by molar-refractivity contribution is 0.122. The molecule has 0 aliphatic carbocycles. The molecule has 1 fully saturated rings. The molecule has 166 valence electrons. The number of piperidine rings is 1. The molecule has 0 saturated carbocycles. The molecular formula is C22H35IN6O. The standard InChI is InChI=1S/C22H34N6O.HI/c1-23-22(24-12-5-15-28-16-6-13-26-28)25-17-19-7-4-14-27(2)21(19)18-8-10-20(29-3)11-9-18;/h6,8-11,13,16,19,21H,4-5,7,12,14-15,17H2,1-3H3,(H2,23,24,25);1H. The molecule has 1 aliphatic heterocycles. The Labute approximate surface area is 197 Å². The maximum Gasteiger partial charge on any atom is 0.190 e. The van der Waals surface area contributed by atoms with E-state index in [-0.39, 0.29) is 24.0 Å². The fraction of sp³-hybridized carbons (Fsp3) is 0.545. The van der Waals surface area contributed by atoms with Crippen LogP contribution in [-0.4, -0.2) is 61.5 Å². The third-order valence-corrected chi connectivity index (χ3v) is 5.64. The van der Waals surface area contributed by atoms with Crippen molar-refractivity contribution in [3.63, 3.8) is 0 Å². The van der Waals surface area contributed by atoms with E-state index in [1.54, 1.807) is 7.11 Å². The minimum Gasteiger partial charge on any atom is -0.497 e. The zero-order chi connectivity index (χ0) is 20.5. The Bertz CT molecular complexity index is 749. The van der Waals surface area contributed by atoms with Gasteiger partial charge in [-0.2, -0.15) is 5.10 Å². The lowest BCUT2D eigenvalue weighted by Gasteiger charge is -2.40. The van der Waals surface area contributed by atoms with E-state index in [0.717, 1.165) is 44.3 Å². The maximum absolute atomic E-state index is 5.32. The first-order chi connectivity index (χ1) is 14.2. The van der Waals surface area contributed by atoms with E-state index in [9.17, 15) is 0 Å². The van der Waals surface area contributed by atoms with Gasteiger partial charge in [0, 0.05) is 45.1 Å². The van der Waals surface area contributed by atoms with Gasteiger partial charge in [0.05, 0.1) is 7.11 Å². The van der Waals surface area contributed by atoms with Crippen molar-refractivity contribution in [2.24, 2.45) is 10.9 Å². The highest BCUT2D eigenvalue weighted by atomic mass is 127. The molecule has 3 rings (SSSR count). The predicted molar refractivity (Wildman–Crippen MR) is 133 cm³/mol. The van der Waals surface area contributed by atoms with Crippen molar-refractivity contribution >= 4 is 29.9 Å². The van der Waals surface area contributed by atoms with Crippen molar-refractivity contribution in [2.45, 2.75) is 31.8 Å². The molecule has 1 aliphatic rings. The Morgan fingerprint density at radius 2 is 2.07 bits per heavy atom. The van der Waals surface area contributed by atoms with E-state index >= 15 is 0 Å². The summed E-state index contributed by atoms with van der Waals surface area (Å²) in [5.41, 5.74) is 1.35. The van der Waals surface area contributed by atoms with E-state index < -0.39 is 0 Å². The Kier molecular flexibility index (Phi) is 10.4. The van der Waals surface area contributed by atoms with Crippen LogP contribution in [0.4, 0.5) is 0 Å². The van der Waals surface area contributed by atoms with Crippen LogP contribution in [-0.2, 0) is 6.54 Å². The number of halogens is 1. The van der Waals surface area contributed by atoms with Gasteiger partial charge in [0.15, 0.2) is 5.96 Å². The smallest absolute Gasteiger partial charge is 0.190 e. The summed E-state index contributed by atoms with van der Waals surface area (Å²) >= 11 is 0. The Balaban J connectivity index is 0.00000320. The molecule has 8 heteroatoms. The SMILES string of the molecule is CN=C(NCCCn1cccn1)NCC1CCCN(C)C1c1ccc(OC)cc1.I. The van der Waals surface area contributed by atoms with E-state index in [1.807, 2.05) is 30.2 Å². The number of methoxy groups -OCH3 is 1. The van der Waals surface area contributed by atoms with Crippen LogP contribution in [0.2, 0.25) is 0 Å². The van der Waals surface area contributed by atoms with Gasteiger partial charge in [-0.15, -0.1) is 24.0 Å². The average Bonchev–Trinajstić information content (AvgIpc) is 3.27. The highest BCUT2D eigenvalue weighted by Crippen LogP contribution is 2.35. The molecule has 1 saturated heterocycles. The largest absolute Gasteiger partial charge is 0.497 e. The summed E-state index contributed by atoms with van der Waals surface area (Å²) < 4.78 is 7.27. The first-order valence-electron chi connectivity index (χ1n) is 10.5. The Hall–Kier alpha value is -1.81. The zero-order valence-electron chi connectivity index (χ0n) is 18.3. The highest BCUT2D eigenvalue weighted by molar-refractivity contribution is 14.0. The number of nitrogens with one attached hydrogen (secondary N) is 2. The summed E-state index contributed by atoms with van der Waals surface area (Å²) in [6.45, 7) is 3.81. The van der Waals surface area contributed by atoms with Gasteiger partial charge in [0.1, 0.15) is 5.75 Å². The maximum atomic E-state index is 5.32. The Morgan fingerprint density at radius 3 is 2.73 bits per heavy atom. The summed E-state index contributed by atoms with van der Waals surface area (Å²) in [6.07, 6.45) is 7.25. The van der Waals surface area contributed by atoms with Crippen molar-refractivity contribution in [3.8, 4) is 5.75 Å². The fourth-order valence-electron chi connectivity index (χ4n) is 4.13. The number of nitrogens with zero attached hydrogens (tertiary/aromatic N) is 4. The molecule has 2 unspecified atom stereocenters. The van der Waals surface area contributed by atoms with Gasteiger partial charge >= 0.3 is 0 Å². The quantitative estimate of drug-likeness (QED) is 0.240. The topological polar surface area (TPSA) is 66.7 Å². The van der Waals surface area contributed by atoms with Crippen LogP contribution >= 0.6 is 24.0 Å². The zero-order valence-corrected chi connectivity index (χ0v) is 20.6. The molecule has 2 atom stereocenters. The Morgan fingerprint density at radius 1 is 1.27 bits per heavy atom. The van der Waals surface area contributed by atoms with Crippen LogP contribution in [0.3, 0.4) is 0 Å². The average molecular weight is 526 g/mol. The van der Waals surface area contributed by atoms with Crippen LogP contribution in [0.25, 0.3) is 0 Å². The molecule has 7 nitrogen and oxygen atoms in total. The molecule has 2 heterocycles. The number of aryl methyl sites for hydroxylation is 1. The number of likely N-dealkylation sites (tertiary alicyclic amines) is 1. The molecule has 2 N–H and O–H groups in total. The van der Waals surface area contributed by atoms with Crippen LogP contribution in [0.1, 0.15) is 30.9 Å². The number of hydrogen-bond acceptors (Lipinski definition) is 4. The van der Waals surface area contributed by atoms with Gasteiger partial charge in [0.25, 0.3) is 0 Å². The minimum atomic E-state index is 0. The molecule has 30 heavy (non-hydrogen) atoms. The molecule has 0 bridgehead atoms. The normalized spacial score (nSPS) is 19.8. The van der Waals surface area contributed by atoms with Crippen molar-refractivity contribution in [1.82, 2.24) is 25.3 Å². The molecule has 1 aromatic heterocycles. The number of ether oxygens (including phenoxy) is 1. The minimum absolute atomic E-state index is 0. The van der Waals surface area contributed by atoms with E-state index in [1.165, 1.54) is 18.4 Å². The fourth-order valence-corrected chi connectivity index (χ4v) is 4.13. The van der Waals surface area contributed by atoms with Crippen molar-refractivity contribution in [3.05, 3.63) is 48.3 Å². The van der Waals surface area contributed by atoms with Crippen LogP contribution in [0.15, 0.2) is 47.7 Å². The van der Waals surface area contributed by atoms with Crippen LogP contribution in [0, 0.1) is 5.92 Å². The van der Waals surface area contributed by atoms with E-state index in [2.05, 4.69) is 56.9 Å². The van der Waals surface area contributed by atoms with Gasteiger partial charge in [-0.05, 0) is 62.5 Å². The third kappa shape index (κ3) is 6.87. The summed E-state index contributed by atoms with van der Waals surface area (Å²) in [5, 5.41) is 11.2. The number of hydrogen-bond donors (Lipinski definition) is 2. The molecule has 0 amide bonds. The van der Waals surface area contributed by atoms with Gasteiger partial charge in [-0.25, -0.2) is 0 Å². The summed E-state index contributed by atoms with van der Waals surface area (Å²) in [6, 6.07) is 10.9. The second kappa shape index (κ2) is 12.8. The van der Waals surface area contributed by atoms with Crippen LogP contribution < -0.4 is 15.4 Å². The van der Waals surface area contributed by atoms with Crippen molar-refractivity contribution in [1.29, 1.82) is 0 Å². The monoisotopic (exact) mass is 526 g/mol. The molecule has 2 aromatic rings. The van der Waals surface area contributed by atoms with E-state index in [0.29, 0.717) is 12.0 Å². The number of aromatic nitrogens is 2. The highest BCUT2D eigenvalue weighted by Gasteiger charge is 2.30. The lowest BCUT2D eigenvalue weighted by atomic mass is 9.85. The van der Waals surface area contributed by atoms with Gasteiger partial charge < -0.3 is 15.4 Å². The van der Waals surface area contributed by atoms with Gasteiger partial charge in [-0.3, -0.25) is 14.6 Å². The first-order valence-corrected chi connectivity index (χ1v) is 10.5. The van der Waals surface area contributed by atoms with Crippen molar-refractivity contribution < 1.29 is 4.74 Å². The molecule has 1 aromatic carbocycles. The number of benzene rings is 1. The summed E-state index contributed by atoms with van der Waals surface area (Å²) in [4.78, 5) is 6.86. The summed E-state index contributed by atoms with van der Waals surface area (Å²) in [5.74, 6) is 2.30. The number of guanidine groups is 1. The van der Waals surface area contributed by atoms with Gasteiger partial charge in [0.2, 0.25) is 0 Å². The van der Waals surface area contributed by atoms with Crippen molar-refractivity contribution in [2.75, 3.05) is 40.8 Å². The van der Waals surface area contributed by atoms with Crippen LogP contribution in [0.5, 0.6) is 5.75 Å².